The minimum Gasteiger partial charge on any atom is -0.368 e. The summed E-state index contributed by atoms with van der Waals surface area (Å²) in [4.78, 5) is 14.2. The van der Waals surface area contributed by atoms with Crippen LogP contribution in [-0.4, -0.2) is 62.5 Å². The van der Waals surface area contributed by atoms with Crippen LogP contribution >= 0.6 is 0 Å². The van der Waals surface area contributed by atoms with Crippen LogP contribution in [0.5, 0.6) is 0 Å². The van der Waals surface area contributed by atoms with Crippen molar-refractivity contribution < 1.29 is 0 Å². The summed E-state index contributed by atoms with van der Waals surface area (Å²) in [5.41, 5.74) is 6.13. The second-order valence-corrected chi connectivity index (χ2v) is 8.66. The van der Waals surface area contributed by atoms with Gasteiger partial charge >= 0.3 is 0 Å². The number of hydrogen-bond donors (Lipinski definition) is 2. The number of aliphatic imine (C=N–C) groups is 1. The number of anilines is 2. The van der Waals surface area contributed by atoms with Gasteiger partial charge in [0.15, 0.2) is 0 Å². The molecule has 176 valence electrons. The Bertz CT molecular complexity index is 969. The van der Waals surface area contributed by atoms with Gasteiger partial charge in [0, 0.05) is 39.3 Å². The standard InChI is InChI=1S/C27H38N6/c1-6-7-12-29-27(18-22(3)23-8-9-24(19-28-4)21(2)17-23)31-26-11-10-25(20-30-26)33-15-13-32(5)14-16-33/h6,8-11,17-18,20,28H,1,7,12-16,19H2,2-5H3,(H,29,30,31)/b22-18+. The Kier molecular flexibility index (Phi) is 9.22. The van der Waals surface area contributed by atoms with Crippen molar-refractivity contribution in [3.8, 4) is 0 Å². The van der Waals surface area contributed by atoms with Crippen LogP contribution in [-0.2, 0) is 6.54 Å². The molecule has 1 aromatic carbocycles. The molecular formula is C27H38N6. The van der Waals surface area contributed by atoms with Gasteiger partial charge in [-0.15, -0.1) is 6.58 Å². The molecule has 0 aliphatic carbocycles. The topological polar surface area (TPSA) is 55.8 Å². The summed E-state index contributed by atoms with van der Waals surface area (Å²) < 4.78 is 0. The molecule has 2 heterocycles. The zero-order chi connectivity index (χ0) is 23.6. The maximum Gasteiger partial charge on any atom is 0.131 e. The van der Waals surface area contributed by atoms with E-state index < -0.39 is 0 Å². The summed E-state index contributed by atoms with van der Waals surface area (Å²) in [7, 11) is 4.14. The highest BCUT2D eigenvalue weighted by molar-refractivity contribution is 6.07. The maximum absolute atomic E-state index is 4.76. The van der Waals surface area contributed by atoms with Crippen molar-refractivity contribution in [2.24, 2.45) is 4.99 Å². The van der Waals surface area contributed by atoms with Crippen molar-refractivity contribution in [2.75, 3.05) is 57.0 Å². The van der Waals surface area contributed by atoms with Gasteiger partial charge in [-0.05, 0) is 74.8 Å². The predicted octanol–water partition coefficient (Wildman–Crippen LogP) is 4.35. The van der Waals surface area contributed by atoms with E-state index in [2.05, 4.69) is 83.2 Å². The second kappa shape index (κ2) is 12.3. The van der Waals surface area contributed by atoms with E-state index in [9.17, 15) is 0 Å². The van der Waals surface area contributed by atoms with Crippen molar-refractivity contribution >= 4 is 22.9 Å². The van der Waals surface area contributed by atoms with Crippen LogP contribution in [0.2, 0.25) is 0 Å². The number of aryl methyl sites for hydroxylation is 1. The van der Waals surface area contributed by atoms with Crippen LogP contribution in [0.15, 0.2) is 60.3 Å². The van der Waals surface area contributed by atoms with E-state index in [4.69, 9.17) is 4.99 Å². The van der Waals surface area contributed by atoms with Crippen LogP contribution < -0.4 is 15.5 Å². The molecule has 0 radical (unpaired) electrons. The summed E-state index contributed by atoms with van der Waals surface area (Å²) in [5, 5.41) is 6.64. The third-order valence-electron chi connectivity index (χ3n) is 6.01. The van der Waals surface area contributed by atoms with Gasteiger partial charge in [-0.1, -0.05) is 24.3 Å². The summed E-state index contributed by atoms with van der Waals surface area (Å²) >= 11 is 0. The fourth-order valence-corrected chi connectivity index (χ4v) is 3.86. The SMILES string of the molecule is C=CCCN=C(/C=C(\C)c1ccc(CNC)c(C)c1)Nc1ccc(N2CCN(C)CC2)cn1. The van der Waals surface area contributed by atoms with Gasteiger partial charge in [-0.25, -0.2) is 4.98 Å². The molecule has 2 aromatic rings. The van der Waals surface area contributed by atoms with Crippen molar-refractivity contribution in [3.63, 3.8) is 0 Å². The number of pyridine rings is 1. The molecule has 2 N–H and O–H groups in total. The number of benzene rings is 1. The molecule has 6 nitrogen and oxygen atoms in total. The van der Waals surface area contributed by atoms with Crippen LogP contribution in [0.3, 0.4) is 0 Å². The molecule has 6 heteroatoms. The third kappa shape index (κ3) is 7.27. The monoisotopic (exact) mass is 446 g/mol. The minimum atomic E-state index is 0.690. The fourth-order valence-electron chi connectivity index (χ4n) is 3.86. The molecule has 0 spiro atoms. The lowest BCUT2D eigenvalue weighted by Crippen LogP contribution is -2.44. The fraction of sp³-hybridized carbons (Fsp3) is 0.407. The molecular weight excluding hydrogens is 408 g/mol. The van der Waals surface area contributed by atoms with E-state index >= 15 is 0 Å². The molecule has 1 aliphatic heterocycles. The summed E-state index contributed by atoms with van der Waals surface area (Å²) in [5.74, 6) is 1.61. The number of hydrogen-bond acceptors (Lipinski definition) is 5. The molecule has 0 bridgehead atoms. The molecule has 1 aromatic heterocycles. The zero-order valence-corrected chi connectivity index (χ0v) is 20.6. The largest absolute Gasteiger partial charge is 0.368 e. The maximum atomic E-state index is 4.76. The molecule has 1 saturated heterocycles. The van der Waals surface area contributed by atoms with E-state index in [-0.39, 0.29) is 0 Å². The highest BCUT2D eigenvalue weighted by Crippen LogP contribution is 2.20. The number of piperazine rings is 1. The van der Waals surface area contributed by atoms with Crippen LogP contribution in [0.25, 0.3) is 5.57 Å². The Morgan fingerprint density at radius 2 is 1.97 bits per heavy atom. The number of nitrogens with one attached hydrogen (secondary N) is 2. The average Bonchev–Trinajstić information content (AvgIpc) is 2.81. The highest BCUT2D eigenvalue weighted by Gasteiger charge is 2.14. The van der Waals surface area contributed by atoms with Crippen molar-refractivity contribution in [1.82, 2.24) is 15.2 Å². The van der Waals surface area contributed by atoms with Gasteiger partial charge in [-0.3, -0.25) is 4.99 Å². The number of amidine groups is 1. The van der Waals surface area contributed by atoms with E-state index in [1.165, 1.54) is 22.4 Å². The number of aromatic nitrogens is 1. The number of rotatable bonds is 9. The lowest BCUT2D eigenvalue weighted by molar-refractivity contribution is 0.313. The Balaban J connectivity index is 1.75. The Hall–Kier alpha value is -2.96. The summed E-state index contributed by atoms with van der Waals surface area (Å²) in [6.45, 7) is 13.9. The number of nitrogens with zero attached hydrogens (tertiary/aromatic N) is 4. The first-order chi connectivity index (χ1) is 16.0. The Morgan fingerprint density at radius 1 is 1.18 bits per heavy atom. The van der Waals surface area contributed by atoms with E-state index in [1.807, 2.05) is 25.4 Å². The molecule has 0 atom stereocenters. The Morgan fingerprint density at radius 3 is 2.61 bits per heavy atom. The van der Waals surface area contributed by atoms with Gasteiger partial charge in [0.1, 0.15) is 11.7 Å². The lowest BCUT2D eigenvalue weighted by Gasteiger charge is -2.33. The van der Waals surface area contributed by atoms with Crippen molar-refractivity contribution in [2.45, 2.75) is 26.8 Å². The molecule has 0 unspecified atom stereocenters. The van der Waals surface area contributed by atoms with Crippen molar-refractivity contribution in [3.05, 3.63) is 72.0 Å². The molecule has 3 rings (SSSR count). The molecule has 1 aliphatic rings. The first-order valence-corrected chi connectivity index (χ1v) is 11.7. The molecule has 0 saturated carbocycles. The van der Waals surface area contributed by atoms with Gasteiger partial charge < -0.3 is 20.4 Å². The predicted molar refractivity (Wildman–Crippen MR) is 142 cm³/mol. The first kappa shape index (κ1) is 24.7. The number of allylic oxidation sites excluding steroid dienone is 1. The lowest BCUT2D eigenvalue weighted by atomic mass is 10.0. The average molecular weight is 447 g/mol. The van der Waals surface area contributed by atoms with Crippen LogP contribution in [0, 0.1) is 6.92 Å². The van der Waals surface area contributed by atoms with Gasteiger partial charge in [0.05, 0.1) is 11.9 Å². The second-order valence-electron chi connectivity index (χ2n) is 8.66. The minimum absolute atomic E-state index is 0.690. The molecule has 0 amide bonds. The summed E-state index contributed by atoms with van der Waals surface area (Å²) in [6.07, 6.45) is 6.79. The smallest absolute Gasteiger partial charge is 0.131 e. The molecule has 1 fully saturated rings. The quantitative estimate of drug-likeness (QED) is 0.260. The van der Waals surface area contributed by atoms with Gasteiger partial charge in [-0.2, -0.15) is 0 Å². The number of likely N-dealkylation sites (N-methyl/N-ethyl adjacent to an activating group) is 1. The normalized spacial score (nSPS) is 15.6. The van der Waals surface area contributed by atoms with Crippen molar-refractivity contribution in [1.29, 1.82) is 0 Å². The zero-order valence-electron chi connectivity index (χ0n) is 20.6. The Labute approximate surface area is 199 Å². The van der Waals surface area contributed by atoms with Gasteiger partial charge in [0.25, 0.3) is 0 Å². The van der Waals surface area contributed by atoms with E-state index in [0.29, 0.717) is 6.54 Å². The van der Waals surface area contributed by atoms with Gasteiger partial charge in [0.2, 0.25) is 0 Å². The highest BCUT2D eigenvalue weighted by atomic mass is 15.2. The first-order valence-electron chi connectivity index (χ1n) is 11.7. The summed E-state index contributed by atoms with van der Waals surface area (Å²) in [6, 6.07) is 10.8. The molecule has 33 heavy (non-hydrogen) atoms. The van der Waals surface area contributed by atoms with Crippen LogP contribution in [0.1, 0.15) is 30.0 Å². The third-order valence-corrected chi connectivity index (χ3v) is 6.01. The van der Waals surface area contributed by atoms with E-state index in [0.717, 1.165) is 56.4 Å². The van der Waals surface area contributed by atoms with Crippen LogP contribution in [0.4, 0.5) is 11.5 Å². The van der Waals surface area contributed by atoms with E-state index in [1.54, 1.807) is 0 Å².